The third-order valence-electron chi connectivity index (χ3n) is 3.00. The van der Waals surface area contributed by atoms with E-state index in [1.54, 1.807) is 6.08 Å². The smallest absolute Gasteiger partial charge is 0.328 e. The predicted molar refractivity (Wildman–Crippen MR) is 67.6 cm³/mol. The maximum atomic E-state index is 11.7. The highest BCUT2D eigenvalue weighted by Crippen LogP contribution is 2.21. The zero-order valence-corrected chi connectivity index (χ0v) is 9.73. The van der Waals surface area contributed by atoms with Crippen molar-refractivity contribution in [1.29, 1.82) is 0 Å². The zero-order valence-electron chi connectivity index (χ0n) is 9.73. The molecule has 3 amide bonds. The Morgan fingerprint density at radius 2 is 2.00 bits per heavy atom. The molecule has 0 saturated carbocycles. The molecular weight excluding hydrogens is 230 g/mol. The van der Waals surface area contributed by atoms with E-state index < -0.39 is 6.03 Å². The van der Waals surface area contributed by atoms with Gasteiger partial charge in [-0.15, -0.1) is 0 Å². The van der Waals surface area contributed by atoms with Gasteiger partial charge in [-0.3, -0.25) is 9.69 Å². The number of amides is 3. The molecule has 18 heavy (non-hydrogen) atoms. The molecule has 1 aliphatic heterocycles. The molecule has 0 bridgehead atoms. The Kier molecular flexibility index (Phi) is 2.19. The van der Waals surface area contributed by atoms with Crippen LogP contribution in [0.1, 0.15) is 5.56 Å². The zero-order chi connectivity index (χ0) is 12.7. The van der Waals surface area contributed by atoms with Crippen LogP contribution in [0.3, 0.4) is 0 Å². The highest BCUT2D eigenvalue weighted by molar-refractivity contribution is 6.14. The number of nitrogens with one attached hydrogen (secondary N) is 2. The Morgan fingerprint density at radius 1 is 1.22 bits per heavy atom. The van der Waals surface area contributed by atoms with E-state index in [0.29, 0.717) is 5.70 Å². The SMILES string of the molecule is CN1C(=O)N/C(=C/c2c[nH]c3ccccc23)C1=O. The van der Waals surface area contributed by atoms with Crippen molar-refractivity contribution in [3.8, 4) is 0 Å². The minimum Gasteiger partial charge on any atom is -0.361 e. The lowest BCUT2D eigenvalue weighted by Gasteiger charge is -1.99. The van der Waals surface area contributed by atoms with Crippen LogP contribution < -0.4 is 5.32 Å². The van der Waals surface area contributed by atoms with Gasteiger partial charge in [0.2, 0.25) is 0 Å². The Bertz CT molecular complexity index is 684. The molecule has 0 atom stereocenters. The van der Waals surface area contributed by atoms with Crippen LogP contribution in [0.4, 0.5) is 4.79 Å². The van der Waals surface area contributed by atoms with Gasteiger partial charge in [0.15, 0.2) is 0 Å². The van der Waals surface area contributed by atoms with Gasteiger partial charge in [-0.2, -0.15) is 0 Å². The molecule has 2 aromatic rings. The summed E-state index contributed by atoms with van der Waals surface area (Å²) in [5.41, 5.74) is 2.17. The van der Waals surface area contributed by atoms with Gasteiger partial charge in [0.1, 0.15) is 5.70 Å². The van der Waals surface area contributed by atoms with Crippen molar-refractivity contribution in [2.24, 2.45) is 0 Å². The second-order valence-electron chi connectivity index (χ2n) is 4.14. The van der Waals surface area contributed by atoms with Crippen LogP contribution >= 0.6 is 0 Å². The highest BCUT2D eigenvalue weighted by Gasteiger charge is 2.30. The monoisotopic (exact) mass is 241 g/mol. The fraction of sp³-hybridized carbons (Fsp3) is 0.0769. The molecule has 0 radical (unpaired) electrons. The molecule has 5 heteroatoms. The van der Waals surface area contributed by atoms with Crippen molar-refractivity contribution >= 4 is 28.9 Å². The van der Waals surface area contributed by atoms with Crippen molar-refractivity contribution in [2.45, 2.75) is 0 Å². The van der Waals surface area contributed by atoms with Gasteiger partial charge in [-0.05, 0) is 12.1 Å². The van der Waals surface area contributed by atoms with E-state index in [0.717, 1.165) is 21.4 Å². The van der Waals surface area contributed by atoms with Crippen molar-refractivity contribution in [2.75, 3.05) is 7.05 Å². The molecule has 0 aliphatic carbocycles. The number of carbonyl (C=O) groups excluding carboxylic acids is 2. The number of rotatable bonds is 1. The quantitative estimate of drug-likeness (QED) is 0.589. The fourth-order valence-corrected chi connectivity index (χ4v) is 1.99. The van der Waals surface area contributed by atoms with Gasteiger partial charge in [0.25, 0.3) is 5.91 Å². The van der Waals surface area contributed by atoms with Crippen molar-refractivity contribution < 1.29 is 9.59 Å². The van der Waals surface area contributed by atoms with Crippen LogP contribution in [0.2, 0.25) is 0 Å². The number of fused-ring (bicyclic) bond motifs is 1. The maximum Gasteiger partial charge on any atom is 0.328 e. The van der Waals surface area contributed by atoms with Crippen molar-refractivity contribution in [3.05, 3.63) is 41.7 Å². The Balaban J connectivity index is 2.07. The van der Waals surface area contributed by atoms with Crippen LogP contribution in [-0.2, 0) is 4.79 Å². The number of para-hydroxylation sites is 1. The molecule has 1 aromatic carbocycles. The molecule has 90 valence electrons. The summed E-state index contributed by atoms with van der Waals surface area (Å²) in [6.07, 6.45) is 3.50. The highest BCUT2D eigenvalue weighted by atomic mass is 16.2. The van der Waals surface area contributed by atoms with E-state index in [9.17, 15) is 9.59 Å². The van der Waals surface area contributed by atoms with Gasteiger partial charge in [-0.25, -0.2) is 4.79 Å². The number of aromatic amines is 1. The molecule has 2 heterocycles. The van der Waals surface area contributed by atoms with Gasteiger partial charge < -0.3 is 10.3 Å². The summed E-state index contributed by atoms with van der Waals surface area (Å²) >= 11 is 0. The first-order valence-corrected chi connectivity index (χ1v) is 5.53. The van der Waals surface area contributed by atoms with Gasteiger partial charge >= 0.3 is 6.03 Å². The summed E-state index contributed by atoms with van der Waals surface area (Å²) in [5, 5.41) is 3.56. The summed E-state index contributed by atoms with van der Waals surface area (Å²) in [5.74, 6) is -0.315. The standard InChI is InChI=1S/C13H11N3O2/c1-16-12(17)11(15-13(16)18)6-8-7-14-10-5-3-2-4-9(8)10/h2-7,14H,1H3,(H,15,18)/b11-6+. The molecule has 1 aromatic heterocycles. The van der Waals surface area contributed by atoms with Gasteiger partial charge in [-0.1, -0.05) is 18.2 Å². The number of likely N-dealkylation sites (N-methyl/N-ethyl adjacent to an activating group) is 1. The molecule has 2 N–H and O–H groups in total. The summed E-state index contributed by atoms with van der Waals surface area (Å²) in [6, 6.07) is 7.39. The maximum absolute atomic E-state index is 11.7. The minimum absolute atomic E-state index is 0.298. The van der Waals surface area contributed by atoms with E-state index in [1.165, 1.54) is 7.05 Å². The third kappa shape index (κ3) is 1.48. The average molecular weight is 241 g/mol. The van der Waals surface area contributed by atoms with Gasteiger partial charge in [0, 0.05) is 29.7 Å². The van der Waals surface area contributed by atoms with Crippen molar-refractivity contribution in [1.82, 2.24) is 15.2 Å². The van der Waals surface area contributed by atoms with E-state index in [1.807, 2.05) is 30.5 Å². The van der Waals surface area contributed by atoms with Gasteiger partial charge in [0.05, 0.1) is 0 Å². The van der Waals surface area contributed by atoms with Crippen LogP contribution in [0.25, 0.3) is 17.0 Å². The predicted octanol–water partition coefficient (Wildman–Crippen LogP) is 1.69. The molecule has 3 rings (SSSR count). The number of benzene rings is 1. The summed E-state index contributed by atoms with van der Waals surface area (Å²) in [7, 11) is 1.45. The molecule has 1 saturated heterocycles. The normalized spacial score (nSPS) is 17.8. The Hall–Kier alpha value is -2.56. The number of carbonyl (C=O) groups is 2. The number of hydrogen-bond acceptors (Lipinski definition) is 2. The average Bonchev–Trinajstić information content (AvgIpc) is 2.89. The van der Waals surface area contributed by atoms with Crippen LogP contribution in [0, 0.1) is 0 Å². The number of aromatic nitrogens is 1. The molecule has 0 spiro atoms. The molecule has 5 nitrogen and oxygen atoms in total. The lowest BCUT2D eigenvalue weighted by Crippen LogP contribution is -2.25. The number of imide groups is 1. The Morgan fingerprint density at radius 3 is 2.72 bits per heavy atom. The first kappa shape index (κ1) is 10.6. The first-order chi connectivity index (χ1) is 8.66. The van der Waals surface area contributed by atoms with E-state index >= 15 is 0 Å². The molecular formula is C13H11N3O2. The first-order valence-electron chi connectivity index (χ1n) is 5.53. The lowest BCUT2D eigenvalue weighted by atomic mass is 10.1. The summed E-state index contributed by atoms with van der Waals surface area (Å²) in [6.45, 7) is 0. The fourth-order valence-electron chi connectivity index (χ4n) is 1.99. The van der Waals surface area contributed by atoms with Crippen LogP contribution in [0.15, 0.2) is 36.2 Å². The van der Waals surface area contributed by atoms with Crippen LogP contribution in [0.5, 0.6) is 0 Å². The second kappa shape index (κ2) is 3.73. The lowest BCUT2D eigenvalue weighted by molar-refractivity contribution is -0.121. The number of H-pyrrole nitrogens is 1. The number of urea groups is 1. The van der Waals surface area contributed by atoms with E-state index in [-0.39, 0.29) is 5.91 Å². The topological polar surface area (TPSA) is 65.2 Å². The minimum atomic E-state index is -0.397. The Labute approximate surface area is 103 Å². The largest absolute Gasteiger partial charge is 0.361 e. The second-order valence-corrected chi connectivity index (χ2v) is 4.14. The summed E-state index contributed by atoms with van der Waals surface area (Å²) in [4.78, 5) is 27.2. The van der Waals surface area contributed by atoms with Crippen LogP contribution in [-0.4, -0.2) is 28.9 Å². The molecule has 1 fully saturated rings. The van der Waals surface area contributed by atoms with Crippen molar-refractivity contribution in [3.63, 3.8) is 0 Å². The molecule has 0 unspecified atom stereocenters. The number of hydrogen-bond donors (Lipinski definition) is 2. The summed E-state index contributed by atoms with van der Waals surface area (Å²) < 4.78 is 0. The number of nitrogens with zero attached hydrogens (tertiary/aromatic N) is 1. The van der Waals surface area contributed by atoms with E-state index in [2.05, 4.69) is 10.3 Å². The van der Waals surface area contributed by atoms with E-state index in [4.69, 9.17) is 0 Å². The third-order valence-corrected chi connectivity index (χ3v) is 3.00. The molecule has 1 aliphatic rings.